The number of aromatic nitrogens is 1. The first-order chi connectivity index (χ1) is 8.45. The summed E-state index contributed by atoms with van der Waals surface area (Å²) in [6.45, 7) is 1.13. The third-order valence-electron chi connectivity index (χ3n) is 3.39. The molecule has 1 aromatic heterocycles. The minimum absolute atomic E-state index is 0.513. The van der Waals surface area contributed by atoms with Crippen LogP contribution in [-0.4, -0.2) is 11.5 Å². The Morgan fingerprint density at radius 1 is 1.06 bits per heavy atom. The van der Waals surface area contributed by atoms with E-state index < -0.39 is 0 Å². The van der Waals surface area contributed by atoms with Crippen molar-refractivity contribution in [3.8, 4) is 11.1 Å². The third kappa shape index (κ3) is 2.08. The Labute approximate surface area is 102 Å². The molecule has 2 aromatic rings. The summed E-state index contributed by atoms with van der Waals surface area (Å²) in [4.78, 5) is 4.08. The van der Waals surface area contributed by atoms with Gasteiger partial charge in [0.15, 0.2) is 0 Å². The molecule has 3 rings (SSSR count). The summed E-state index contributed by atoms with van der Waals surface area (Å²) in [5, 5.41) is 3.57. The summed E-state index contributed by atoms with van der Waals surface area (Å²) < 4.78 is 0. The van der Waals surface area contributed by atoms with Gasteiger partial charge in [-0.1, -0.05) is 24.3 Å². The maximum Gasteiger partial charge on any atom is 0.0326 e. The van der Waals surface area contributed by atoms with E-state index in [9.17, 15) is 0 Å². The van der Waals surface area contributed by atoms with Gasteiger partial charge in [-0.3, -0.25) is 4.98 Å². The third-order valence-corrected chi connectivity index (χ3v) is 3.39. The topological polar surface area (TPSA) is 24.9 Å². The fourth-order valence-corrected chi connectivity index (χ4v) is 2.55. The summed E-state index contributed by atoms with van der Waals surface area (Å²) in [7, 11) is 0. The fourth-order valence-electron chi connectivity index (χ4n) is 2.55. The SMILES string of the molecule is c1ccc(C2CCCN2)c(-c2ccncc2)c1. The molecule has 0 aliphatic carbocycles. The lowest BCUT2D eigenvalue weighted by molar-refractivity contribution is 0.649. The molecule has 1 aromatic carbocycles. The number of hydrogen-bond donors (Lipinski definition) is 1. The van der Waals surface area contributed by atoms with Crippen molar-refractivity contribution >= 4 is 0 Å². The van der Waals surface area contributed by atoms with Gasteiger partial charge in [0.25, 0.3) is 0 Å². The highest BCUT2D eigenvalue weighted by Crippen LogP contribution is 2.31. The van der Waals surface area contributed by atoms with E-state index in [1.165, 1.54) is 29.5 Å². The number of benzene rings is 1. The summed E-state index contributed by atoms with van der Waals surface area (Å²) in [6.07, 6.45) is 6.22. The molecule has 1 unspecified atom stereocenters. The van der Waals surface area contributed by atoms with Gasteiger partial charge in [0.2, 0.25) is 0 Å². The standard InChI is InChI=1S/C15H16N2/c1-2-5-14(15-6-3-9-17-15)13(4-1)12-7-10-16-11-8-12/h1-2,4-5,7-8,10-11,15,17H,3,6,9H2. The lowest BCUT2D eigenvalue weighted by Gasteiger charge is -2.15. The predicted molar refractivity (Wildman–Crippen MR) is 69.7 cm³/mol. The first-order valence-electron chi connectivity index (χ1n) is 6.18. The molecule has 1 fully saturated rings. The summed E-state index contributed by atoms with van der Waals surface area (Å²) in [6, 6.07) is 13.3. The Kier molecular flexibility index (Phi) is 2.88. The zero-order valence-electron chi connectivity index (χ0n) is 9.76. The lowest BCUT2D eigenvalue weighted by atomic mass is 9.95. The van der Waals surface area contributed by atoms with Crippen molar-refractivity contribution < 1.29 is 0 Å². The molecule has 2 heterocycles. The number of nitrogens with zero attached hydrogens (tertiary/aromatic N) is 1. The van der Waals surface area contributed by atoms with Crippen molar-refractivity contribution in [3.63, 3.8) is 0 Å². The van der Waals surface area contributed by atoms with Gasteiger partial charge in [0.05, 0.1) is 0 Å². The van der Waals surface area contributed by atoms with E-state index in [0.717, 1.165) is 6.54 Å². The molecule has 0 spiro atoms. The van der Waals surface area contributed by atoms with E-state index >= 15 is 0 Å². The van der Waals surface area contributed by atoms with Crippen LogP contribution in [0.4, 0.5) is 0 Å². The Bertz CT molecular complexity index is 487. The Hall–Kier alpha value is -1.67. The van der Waals surface area contributed by atoms with Crippen LogP contribution in [0, 0.1) is 0 Å². The van der Waals surface area contributed by atoms with E-state index in [1.54, 1.807) is 0 Å². The summed E-state index contributed by atoms with van der Waals surface area (Å²) >= 11 is 0. The molecule has 2 nitrogen and oxygen atoms in total. The average Bonchev–Trinajstić information content (AvgIpc) is 2.94. The second-order valence-electron chi connectivity index (χ2n) is 4.47. The normalized spacial score (nSPS) is 19.4. The van der Waals surface area contributed by atoms with Crippen LogP contribution in [0.25, 0.3) is 11.1 Å². The smallest absolute Gasteiger partial charge is 0.0326 e. The molecule has 1 aliphatic heterocycles. The molecule has 0 bridgehead atoms. The minimum Gasteiger partial charge on any atom is -0.310 e. The minimum atomic E-state index is 0.513. The van der Waals surface area contributed by atoms with Gasteiger partial charge < -0.3 is 5.32 Å². The van der Waals surface area contributed by atoms with E-state index in [0.29, 0.717) is 6.04 Å². The van der Waals surface area contributed by atoms with Crippen LogP contribution in [-0.2, 0) is 0 Å². The molecule has 1 atom stereocenters. The average molecular weight is 224 g/mol. The quantitative estimate of drug-likeness (QED) is 0.847. The van der Waals surface area contributed by atoms with E-state index in [2.05, 4.69) is 46.7 Å². The van der Waals surface area contributed by atoms with Gasteiger partial charge in [0, 0.05) is 18.4 Å². The number of pyridine rings is 1. The van der Waals surface area contributed by atoms with Gasteiger partial charge in [-0.15, -0.1) is 0 Å². The molecule has 1 N–H and O–H groups in total. The Morgan fingerprint density at radius 2 is 1.88 bits per heavy atom. The second-order valence-corrected chi connectivity index (χ2v) is 4.47. The van der Waals surface area contributed by atoms with Crippen molar-refractivity contribution in [3.05, 3.63) is 54.4 Å². The Morgan fingerprint density at radius 3 is 2.65 bits per heavy atom. The lowest BCUT2D eigenvalue weighted by Crippen LogP contribution is -2.13. The van der Waals surface area contributed by atoms with Crippen molar-refractivity contribution in [2.45, 2.75) is 18.9 Å². The van der Waals surface area contributed by atoms with Crippen molar-refractivity contribution in [2.24, 2.45) is 0 Å². The van der Waals surface area contributed by atoms with Gasteiger partial charge in [-0.05, 0) is 48.2 Å². The maximum absolute atomic E-state index is 4.08. The van der Waals surface area contributed by atoms with Gasteiger partial charge >= 0.3 is 0 Å². The second kappa shape index (κ2) is 4.68. The number of hydrogen-bond acceptors (Lipinski definition) is 2. The monoisotopic (exact) mass is 224 g/mol. The van der Waals surface area contributed by atoms with Crippen LogP contribution in [0.1, 0.15) is 24.4 Å². The zero-order chi connectivity index (χ0) is 11.5. The molecule has 86 valence electrons. The number of rotatable bonds is 2. The first kappa shape index (κ1) is 10.5. The van der Waals surface area contributed by atoms with Gasteiger partial charge in [-0.2, -0.15) is 0 Å². The Balaban J connectivity index is 2.04. The van der Waals surface area contributed by atoms with Crippen LogP contribution in [0.2, 0.25) is 0 Å². The summed E-state index contributed by atoms with van der Waals surface area (Å²) in [5.74, 6) is 0. The fraction of sp³-hybridized carbons (Fsp3) is 0.267. The van der Waals surface area contributed by atoms with E-state index in [4.69, 9.17) is 0 Å². The number of nitrogens with one attached hydrogen (secondary N) is 1. The molecule has 0 amide bonds. The molecule has 0 radical (unpaired) electrons. The zero-order valence-corrected chi connectivity index (χ0v) is 9.76. The van der Waals surface area contributed by atoms with Gasteiger partial charge in [0.1, 0.15) is 0 Å². The highest BCUT2D eigenvalue weighted by Gasteiger charge is 2.18. The van der Waals surface area contributed by atoms with Crippen LogP contribution in [0.3, 0.4) is 0 Å². The highest BCUT2D eigenvalue weighted by atomic mass is 14.9. The highest BCUT2D eigenvalue weighted by molar-refractivity contribution is 5.67. The molecule has 2 heteroatoms. The first-order valence-corrected chi connectivity index (χ1v) is 6.18. The summed E-state index contributed by atoms with van der Waals surface area (Å²) in [5.41, 5.74) is 4.00. The molecule has 17 heavy (non-hydrogen) atoms. The van der Waals surface area contributed by atoms with Crippen molar-refractivity contribution in [1.29, 1.82) is 0 Å². The largest absolute Gasteiger partial charge is 0.310 e. The van der Waals surface area contributed by atoms with Crippen LogP contribution in [0.15, 0.2) is 48.8 Å². The molecule has 1 aliphatic rings. The molecular formula is C15H16N2. The van der Waals surface area contributed by atoms with Crippen LogP contribution >= 0.6 is 0 Å². The van der Waals surface area contributed by atoms with E-state index in [-0.39, 0.29) is 0 Å². The molecule has 1 saturated heterocycles. The van der Waals surface area contributed by atoms with E-state index in [1.807, 2.05) is 12.4 Å². The van der Waals surface area contributed by atoms with Gasteiger partial charge in [-0.25, -0.2) is 0 Å². The van der Waals surface area contributed by atoms with Crippen molar-refractivity contribution in [1.82, 2.24) is 10.3 Å². The maximum atomic E-state index is 4.08. The predicted octanol–water partition coefficient (Wildman–Crippen LogP) is 3.17. The van der Waals surface area contributed by atoms with Crippen LogP contribution < -0.4 is 5.32 Å². The van der Waals surface area contributed by atoms with Crippen LogP contribution in [0.5, 0.6) is 0 Å². The van der Waals surface area contributed by atoms with Crippen molar-refractivity contribution in [2.75, 3.05) is 6.54 Å². The molecular weight excluding hydrogens is 208 g/mol. The molecule has 0 saturated carbocycles.